The zero-order valence-electron chi connectivity index (χ0n) is 44.4. The minimum Gasteiger partial charge on any atom is -0.374 e. The fraction of sp³-hybridized carbons (Fsp3) is 0.719. The van der Waals surface area contributed by atoms with Gasteiger partial charge in [0.15, 0.2) is 0 Å². The highest BCUT2D eigenvalue weighted by atomic mass is 16.5. The van der Waals surface area contributed by atoms with Crippen LogP contribution in [0.1, 0.15) is 119 Å². The number of nitrogens with zero attached hydrogens (tertiary/aromatic N) is 4. The molecule has 2 aromatic carbocycles. The van der Waals surface area contributed by atoms with Crippen LogP contribution in [0, 0.1) is 34.5 Å². The third-order valence-electron chi connectivity index (χ3n) is 17.4. The first-order valence-electron chi connectivity index (χ1n) is 26.7. The van der Waals surface area contributed by atoms with Crippen LogP contribution in [0.3, 0.4) is 0 Å². The van der Waals surface area contributed by atoms with Crippen LogP contribution in [0.25, 0.3) is 0 Å². The van der Waals surface area contributed by atoms with E-state index >= 15 is 0 Å². The summed E-state index contributed by atoms with van der Waals surface area (Å²) < 4.78 is 13.8. The average Bonchev–Trinajstić information content (AvgIpc) is 3.68. The van der Waals surface area contributed by atoms with Crippen molar-refractivity contribution in [2.75, 3.05) is 72.6 Å². The molecule has 12 heteroatoms. The summed E-state index contributed by atoms with van der Waals surface area (Å²) in [7, 11) is 1.80. The van der Waals surface area contributed by atoms with Gasteiger partial charge in [0.25, 0.3) is 0 Å². The molecule has 10 atom stereocenters. The highest BCUT2D eigenvalue weighted by molar-refractivity contribution is 5.90. The minimum absolute atomic E-state index is 0.0181. The number of nitrogens with one attached hydrogen (secondary N) is 2. The number of ketones is 1. The molecule has 2 aromatic rings. The number of ether oxygens (including phenoxy) is 2. The Labute approximate surface area is 416 Å². The molecule has 0 unspecified atom stereocenters. The standard InChI is InChI=1S/C57H90N6O6/c1-12-42(6)52(65)59-51(41(4)5)54(67)63-30-26-56(9)35-47(37-61(39-57(56,63)10)28-24-45-21-17-14-18-22-45)69-32-31-68-46-34-55(8)25-29-62(53(66)48(40(2)3)33-49(64)43(7)58-11)50(55)38-60(36-46)27-23-44-19-15-13-16-20-44/h13-22,40-43,46-48,50-51,58H,12,23-39H2,1-11H3,(H,59,65)/t42-,43+,46-,47-,48+,50-,51+,55+,56+,57-/m1/s1. The lowest BCUT2D eigenvalue weighted by Gasteiger charge is -2.47. The van der Waals surface area contributed by atoms with E-state index in [-0.39, 0.29) is 88.7 Å². The monoisotopic (exact) mass is 955 g/mol. The van der Waals surface area contributed by atoms with Crippen LogP contribution in [0.4, 0.5) is 0 Å². The van der Waals surface area contributed by atoms with Gasteiger partial charge in [-0.1, -0.05) is 116 Å². The molecule has 3 amide bonds. The third-order valence-corrected chi connectivity index (χ3v) is 17.4. The molecule has 4 fully saturated rings. The van der Waals surface area contributed by atoms with Crippen molar-refractivity contribution in [3.8, 4) is 0 Å². The number of hydrogen-bond acceptors (Lipinski definition) is 9. The first-order valence-corrected chi connectivity index (χ1v) is 26.7. The molecule has 12 nitrogen and oxygen atoms in total. The van der Waals surface area contributed by atoms with E-state index in [2.05, 4.69) is 126 Å². The van der Waals surface area contributed by atoms with Gasteiger partial charge in [-0.3, -0.25) is 29.0 Å². The Balaban J connectivity index is 1.16. The summed E-state index contributed by atoms with van der Waals surface area (Å²) in [5.41, 5.74) is 1.77. The molecule has 4 aliphatic heterocycles. The van der Waals surface area contributed by atoms with Crippen LogP contribution in [0.5, 0.6) is 0 Å². The van der Waals surface area contributed by atoms with Crippen LogP contribution in [0.2, 0.25) is 0 Å². The maximum atomic E-state index is 14.7. The number of fused-ring (bicyclic) bond motifs is 2. The second kappa shape index (κ2) is 24.2. The molecule has 0 bridgehead atoms. The Morgan fingerprint density at radius 2 is 1.30 bits per heavy atom. The number of carbonyl (C=O) groups excluding carboxylic acids is 4. The normalized spacial score (nSPS) is 28.4. The molecule has 0 saturated carbocycles. The van der Waals surface area contributed by atoms with Crippen molar-refractivity contribution in [1.29, 1.82) is 0 Å². The third kappa shape index (κ3) is 13.2. The summed E-state index contributed by atoms with van der Waals surface area (Å²) in [5.74, 6) is -0.355. The second-order valence-electron chi connectivity index (χ2n) is 23.0. The van der Waals surface area contributed by atoms with Crippen molar-refractivity contribution >= 4 is 23.5 Å². The Morgan fingerprint density at radius 3 is 1.87 bits per heavy atom. The molecule has 4 saturated heterocycles. The summed E-state index contributed by atoms with van der Waals surface area (Å²) in [6, 6.07) is 20.4. The lowest BCUT2D eigenvalue weighted by Crippen LogP contribution is -2.62. The number of carbonyl (C=O) groups is 4. The van der Waals surface area contributed by atoms with Crippen molar-refractivity contribution in [3.63, 3.8) is 0 Å². The number of amides is 3. The van der Waals surface area contributed by atoms with E-state index in [9.17, 15) is 19.2 Å². The van der Waals surface area contributed by atoms with Crippen molar-refractivity contribution < 1.29 is 28.7 Å². The molecular weight excluding hydrogens is 865 g/mol. The zero-order valence-corrected chi connectivity index (χ0v) is 44.4. The molecular formula is C57H90N6O6. The first kappa shape index (κ1) is 54.6. The van der Waals surface area contributed by atoms with Gasteiger partial charge in [0, 0.05) is 76.7 Å². The smallest absolute Gasteiger partial charge is 0.245 e. The van der Waals surface area contributed by atoms with Gasteiger partial charge in [-0.15, -0.1) is 0 Å². The number of benzene rings is 2. The molecule has 4 heterocycles. The topological polar surface area (TPSA) is 124 Å². The maximum Gasteiger partial charge on any atom is 0.245 e. The average molecular weight is 955 g/mol. The lowest BCUT2D eigenvalue weighted by molar-refractivity contribution is -0.144. The summed E-state index contributed by atoms with van der Waals surface area (Å²) >= 11 is 0. The second-order valence-corrected chi connectivity index (χ2v) is 23.0. The Morgan fingerprint density at radius 1 is 0.725 bits per heavy atom. The van der Waals surface area contributed by atoms with E-state index in [1.807, 2.05) is 34.6 Å². The largest absolute Gasteiger partial charge is 0.374 e. The van der Waals surface area contributed by atoms with Crippen LogP contribution in [-0.2, 0) is 41.5 Å². The molecule has 0 aliphatic carbocycles. The van der Waals surface area contributed by atoms with Gasteiger partial charge in [0.1, 0.15) is 11.8 Å². The van der Waals surface area contributed by atoms with Gasteiger partial charge in [0.2, 0.25) is 17.7 Å². The molecule has 0 aromatic heterocycles. The Hall–Kier alpha value is -3.68. The van der Waals surface area contributed by atoms with Gasteiger partial charge >= 0.3 is 0 Å². The highest BCUT2D eigenvalue weighted by Crippen LogP contribution is 2.51. The van der Waals surface area contributed by atoms with Gasteiger partial charge in [-0.05, 0) is 99.6 Å². The van der Waals surface area contributed by atoms with Gasteiger partial charge in [-0.25, -0.2) is 0 Å². The van der Waals surface area contributed by atoms with Crippen molar-refractivity contribution in [3.05, 3.63) is 71.8 Å². The molecule has 2 N–H and O–H groups in total. The van der Waals surface area contributed by atoms with E-state index in [1.54, 1.807) is 7.05 Å². The zero-order chi connectivity index (χ0) is 50.1. The van der Waals surface area contributed by atoms with E-state index in [0.29, 0.717) is 26.3 Å². The maximum absolute atomic E-state index is 14.7. The van der Waals surface area contributed by atoms with Gasteiger partial charge in [0.05, 0.1) is 37.0 Å². The lowest BCUT2D eigenvalue weighted by atomic mass is 9.69. The van der Waals surface area contributed by atoms with Gasteiger partial charge < -0.3 is 29.9 Å². The van der Waals surface area contributed by atoms with E-state index in [4.69, 9.17) is 9.47 Å². The molecule has 0 radical (unpaired) electrons. The van der Waals surface area contributed by atoms with Crippen LogP contribution in [-0.4, -0.2) is 152 Å². The molecule has 0 spiro atoms. The summed E-state index contributed by atoms with van der Waals surface area (Å²) in [4.78, 5) is 65.0. The van der Waals surface area contributed by atoms with E-state index in [1.165, 1.54) is 11.1 Å². The summed E-state index contributed by atoms with van der Waals surface area (Å²) in [6.45, 7) is 28.0. The van der Waals surface area contributed by atoms with Crippen LogP contribution < -0.4 is 10.6 Å². The van der Waals surface area contributed by atoms with Gasteiger partial charge in [-0.2, -0.15) is 0 Å². The number of rotatable bonds is 22. The molecule has 384 valence electrons. The quantitative estimate of drug-likeness (QED) is 0.117. The summed E-state index contributed by atoms with van der Waals surface area (Å²) in [5, 5.41) is 6.23. The molecule has 69 heavy (non-hydrogen) atoms. The van der Waals surface area contributed by atoms with E-state index in [0.717, 1.165) is 84.2 Å². The highest BCUT2D eigenvalue weighted by Gasteiger charge is 2.59. The predicted molar refractivity (Wildman–Crippen MR) is 276 cm³/mol. The Kier molecular flexibility index (Phi) is 19.1. The van der Waals surface area contributed by atoms with Crippen LogP contribution >= 0.6 is 0 Å². The summed E-state index contributed by atoms with van der Waals surface area (Å²) in [6.07, 6.45) is 6.12. The predicted octanol–water partition coefficient (Wildman–Crippen LogP) is 7.28. The fourth-order valence-corrected chi connectivity index (χ4v) is 12.0. The van der Waals surface area contributed by atoms with Crippen molar-refractivity contribution in [1.82, 2.24) is 30.2 Å². The first-order chi connectivity index (χ1) is 32.8. The molecule has 6 rings (SSSR count). The minimum atomic E-state index is -0.584. The van der Waals surface area contributed by atoms with Crippen molar-refractivity contribution in [2.24, 2.45) is 34.5 Å². The molecule has 4 aliphatic rings. The number of likely N-dealkylation sites (N-methyl/N-ethyl adjacent to an activating group) is 1. The van der Waals surface area contributed by atoms with E-state index < -0.39 is 11.6 Å². The number of Topliss-reactive ketones (excluding diaryl/α,β-unsaturated/α-hetero) is 1. The Bertz CT molecular complexity index is 1990. The number of hydrogen-bond donors (Lipinski definition) is 2. The SMILES string of the molecule is CC[C@@H](C)C(=O)N[C@H](C(=O)N1CC[C@@]2(C)C[C@@H](OCCO[C@H]3CN(CCc4ccccc4)C[C@H]4N(C(=O)[C@@H](CC(=O)[C@H](C)NC)C(C)C)CC[C@@]4(C)C3)CN(CCc3ccccc3)C[C@@]12C)C(C)C. The van der Waals surface area contributed by atoms with Crippen LogP contribution in [0.15, 0.2) is 60.7 Å². The van der Waals surface area contributed by atoms with Crippen molar-refractivity contribution in [2.45, 2.75) is 156 Å². The number of likely N-dealkylation sites (tertiary alicyclic amines) is 4. The fourth-order valence-electron chi connectivity index (χ4n) is 12.0.